The lowest BCUT2D eigenvalue weighted by molar-refractivity contribution is 0.103. The van der Waals surface area contributed by atoms with E-state index in [9.17, 15) is 10.0 Å². The number of oxime groups is 1. The molecule has 1 aromatic heterocycles. The highest BCUT2D eigenvalue weighted by molar-refractivity contribution is 6.28. The minimum absolute atomic E-state index is 0.116. The van der Waals surface area contributed by atoms with Crippen LogP contribution in [0.5, 0.6) is 0 Å². The van der Waals surface area contributed by atoms with Crippen LogP contribution in [0.4, 0.5) is 0 Å². The van der Waals surface area contributed by atoms with Gasteiger partial charge in [-0.2, -0.15) is 0 Å². The SMILES string of the molecule is Cc1cc(C)c(-n2cnc3c2C(=O)c2ccccc2/C3=N\O)c(C)c1. The van der Waals surface area contributed by atoms with Crippen LogP contribution in [0.3, 0.4) is 0 Å². The quantitative estimate of drug-likeness (QED) is 0.428. The summed E-state index contributed by atoms with van der Waals surface area (Å²) in [6.07, 6.45) is 1.63. The average Bonchev–Trinajstić information content (AvgIpc) is 2.99. The van der Waals surface area contributed by atoms with Gasteiger partial charge in [0.25, 0.3) is 0 Å². The minimum Gasteiger partial charge on any atom is -0.410 e. The molecule has 0 unspecified atom stereocenters. The highest BCUT2D eigenvalue weighted by Gasteiger charge is 2.33. The van der Waals surface area contributed by atoms with Crippen molar-refractivity contribution in [1.82, 2.24) is 9.55 Å². The molecule has 0 aliphatic heterocycles. The smallest absolute Gasteiger partial charge is 0.212 e. The van der Waals surface area contributed by atoms with Gasteiger partial charge in [0.1, 0.15) is 23.4 Å². The number of ketones is 1. The van der Waals surface area contributed by atoms with Gasteiger partial charge in [0, 0.05) is 11.1 Å². The first kappa shape index (κ1) is 15.3. The second-order valence-electron chi connectivity index (χ2n) is 6.38. The van der Waals surface area contributed by atoms with Gasteiger partial charge >= 0.3 is 0 Å². The fourth-order valence-corrected chi connectivity index (χ4v) is 3.70. The van der Waals surface area contributed by atoms with Crippen molar-refractivity contribution in [3.63, 3.8) is 0 Å². The Morgan fingerprint density at radius 2 is 1.68 bits per heavy atom. The molecule has 0 atom stereocenters. The molecular weight excluding hydrogens is 314 g/mol. The molecule has 4 rings (SSSR count). The normalized spacial score (nSPS) is 14.5. The Labute approximate surface area is 145 Å². The molecule has 0 saturated carbocycles. The first-order valence-corrected chi connectivity index (χ1v) is 8.05. The molecule has 1 aliphatic rings. The topological polar surface area (TPSA) is 67.5 Å². The number of benzene rings is 2. The van der Waals surface area contributed by atoms with Crippen LogP contribution in [-0.2, 0) is 0 Å². The maximum atomic E-state index is 13.1. The predicted octanol–water partition coefficient (Wildman–Crippen LogP) is 3.57. The number of hydrogen-bond donors (Lipinski definition) is 1. The molecule has 0 amide bonds. The van der Waals surface area contributed by atoms with Gasteiger partial charge in [0.2, 0.25) is 5.78 Å². The molecule has 0 saturated heterocycles. The van der Waals surface area contributed by atoms with Crippen molar-refractivity contribution in [2.24, 2.45) is 5.16 Å². The highest BCUT2D eigenvalue weighted by atomic mass is 16.4. The van der Waals surface area contributed by atoms with Crippen LogP contribution in [-0.4, -0.2) is 26.3 Å². The van der Waals surface area contributed by atoms with Crippen LogP contribution in [0.2, 0.25) is 0 Å². The summed E-state index contributed by atoms with van der Waals surface area (Å²) in [6, 6.07) is 11.3. The summed E-state index contributed by atoms with van der Waals surface area (Å²) in [5.41, 5.74) is 6.51. The van der Waals surface area contributed by atoms with E-state index >= 15 is 0 Å². The van der Waals surface area contributed by atoms with E-state index in [1.54, 1.807) is 24.5 Å². The molecule has 1 N–H and O–H groups in total. The molecule has 5 heteroatoms. The summed E-state index contributed by atoms with van der Waals surface area (Å²) in [5, 5.41) is 12.9. The van der Waals surface area contributed by atoms with Crippen molar-refractivity contribution < 1.29 is 10.0 Å². The number of aromatic nitrogens is 2. The van der Waals surface area contributed by atoms with Crippen LogP contribution in [0.15, 0.2) is 47.9 Å². The number of fused-ring (bicyclic) bond motifs is 2. The number of hydrogen-bond acceptors (Lipinski definition) is 4. The van der Waals surface area contributed by atoms with Crippen molar-refractivity contribution in [2.45, 2.75) is 20.8 Å². The third-order valence-electron chi connectivity index (χ3n) is 4.61. The van der Waals surface area contributed by atoms with E-state index in [-0.39, 0.29) is 5.78 Å². The Kier molecular flexibility index (Phi) is 3.32. The summed E-state index contributed by atoms with van der Waals surface area (Å²) < 4.78 is 1.81. The molecule has 0 spiro atoms. The zero-order valence-corrected chi connectivity index (χ0v) is 14.2. The monoisotopic (exact) mass is 331 g/mol. The van der Waals surface area contributed by atoms with E-state index in [1.807, 2.05) is 31.4 Å². The Bertz CT molecular complexity index is 1040. The van der Waals surface area contributed by atoms with Gasteiger partial charge < -0.3 is 5.21 Å². The molecule has 124 valence electrons. The number of carbonyl (C=O) groups excluding carboxylic acids is 1. The lowest BCUT2D eigenvalue weighted by Crippen LogP contribution is -2.24. The number of imidazole rings is 1. The van der Waals surface area contributed by atoms with Gasteiger partial charge in [0.05, 0.1) is 5.69 Å². The molecular formula is C20H17N3O2. The summed E-state index contributed by atoms with van der Waals surface area (Å²) >= 11 is 0. The van der Waals surface area contributed by atoms with E-state index in [0.29, 0.717) is 28.2 Å². The van der Waals surface area contributed by atoms with Crippen LogP contribution in [0.1, 0.15) is 44.0 Å². The fraction of sp³-hybridized carbons (Fsp3) is 0.150. The lowest BCUT2D eigenvalue weighted by Gasteiger charge is -2.19. The number of rotatable bonds is 1. The van der Waals surface area contributed by atoms with E-state index in [0.717, 1.165) is 16.8 Å². The Hall–Kier alpha value is -3.21. The van der Waals surface area contributed by atoms with Crippen molar-refractivity contribution in [2.75, 3.05) is 0 Å². The van der Waals surface area contributed by atoms with Crippen molar-refractivity contribution in [3.05, 3.63) is 81.9 Å². The average molecular weight is 331 g/mol. The number of aryl methyl sites for hydroxylation is 3. The van der Waals surface area contributed by atoms with Crippen LogP contribution >= 0.6 is 0 Å². The molecule has 0 fully saturated rings. The first-order valence-electron chi connectivity index (χ1n) is 8.05. The van der Waals surface area contributed by atoms with Gasteiger partial charge in [-0.15, -0.1) is 0 Å². The van der Waals surface area contributed by atoms with Gasteiger partial charge in [0.15, 0.2) is 0 Å². The summed E-state index contributed by atoms with van der Waals surface area (Å²) in [6.45, 7) is 6.08. The van der Waals surface area contributed by atoms with Crippen molar-refractivity contribution in [1.29, 1.82) is 0 Å². The van der Waals surface area contributed by atoms with E-state index < -0.39 is 0 Å². The molecule has 1 aliphatic carbocycles. The zero-order valence-electron chi connectivity index (χ0n) is 14.2. The molecule has 0 bridgehead atoms. The zero-order chi connectivity index (χ0) is 17.7. The number of carbonyl (C=O) groups is 1. The lowest BCUT2D eigenvalue weighted by atomic mass is 9.89. The highest BCUT2D eigenvalue weighted by Crippen LogP contribution is 2.31. The van der Waals surface area contributed by atoms with Gasteiger partial charge in [-0.25, -0.2) is 4.98 Å². The minimum atomic E-state index is -0.116. The summed E-state index contributed by atoms with van der Waals surface area (Å²) in [7, 11) is 0. The molecule has 3 aromatic rings. The first-order chi connectivity index (χ1) is 12.0. The number of nitrogens with zero attached hydrogens (tertiary/aromatic N) is 3. The molecule has 2 aromatic carbocycles. The Morgan fingerprint density at radius 1 is 1.04 bits per heavy atom. The van der Waals surface area contributed by atoms with E-state index in [1.165, 1.54) is 5.56 Å². The van der Waals surface area contributed by atoms with Crippen LogP contribution < -0.4 is 0 Å². The predicted molar refractivity (Wildman–Crippen MR) is 95.1 cm³/mol. The molecule has 5 nitrogen and oxygen atoms in total. The largest absolute Gasteiger partial charge is 0.410 e. The molecule has 1 heterocycles. The van der Waals surface area contributed by atoms with E-state index in [2.05, 4.69) is 22.3 Å². The fourth-order valence-electron chi connectivity index (χ4n) is 3.70. The second-order valence-corrected chi connectivity index (χ2v) is 6.38. The van der Waals surface area contributed by atoms with E-state index in [4.69, 9.17) is 0 Å². The van der Waals surface area contributed by atoms with Gasteiger partial charge in [-0.1, -0.05) is 47.1 Å². The van der Waals surface area contributed by atoms with Crippen LogP contribution in [0.25, 0.3) is 5.69 Å². The Morgan fingerprint density at radius 3 is 2.32 bits per heavy atom. The third kappa shape index (κ3) is 2.12. The standard InChI is InChI=1S/C20H17N3O2/c1-11-8-12(2)18(13(3)9-11)23-10-21-17-16(22-25)14-6-4-5-7-15(14)20(24)19(17)23/h4-10,25H,1-3H3/b22-16+. The summed E-state index contributed by atoms with van der Waals surface area (Å²) in [5.74, 6) is -0.116. The van der Waals surface area contributed by atoms with Crippen molar-refractivity contribution in [3.8, 4) is 5.69 Å². The maximum absolute atomic E-state index is 13.1. The maximum Gasteiger partial charge on any atom is 0.212 e. The van der Waals surface area contributed by atoms with Crippen molar-refractivity contribution >= 4 is 11.5 Å². The molecule has 0 radical (unpaired) electrons. The summed E-state index contributed by atoms with van der Waals surface area (Å²) in [4.78, 5) is 17.5. The molecule has 25 heavy (non-hydrogen) atoms. The van der Waals surface area contributed by atoms with Crippen LogP contribution in [0, 0.1) is 20.8 Å². The third-order valence-corrected chi connectivity index (χ3v) is 4.61. The van der Waals surface area contributed by atoms with Gasteiger partial charge in [-0.3, -0.25) is 9.36 Å². The Balaban J connectivity index is 2.02. The van der Waals surface area contributed by atoms with Gasteiger partial charge in [-0.05, 0) is 31.9 Å². The second kappa shape index (κ2) is 5.41.